The van der Waals surface area contributed by atoms with Gasteiger partial charge in [-0.1, -0.05) is 11.6 Å². The average molecular weight is 257 g/mol. The molecule has 0 unspecified atom stereocenters. The van der Waals surface area contributed by atoms with Crippen molar-refractivity contribution < 1.29 is 13.5 Å². The Bertz CT molecular complexity index is 563. The number of ether oxygens (including phenoxy) is 1. The highest BCUT2D eigenvalue weighted by Crippen LogP contribution is 2.25. The predicted molar refractivity (Wildman–Crippen MR) is 60.1 cm³/mol. The van der Waals surface area contributed by atoms with Crippen LogP contribution >= 0.6 is 11.6 Å². The summed E-state index contributed by atoms with van der Waals surface area (Å²) in [5.74, 6) is -1.55. The number of aromatic nitrogens is 1. The van der Waals surface area contributed by atoms with E-state index in [-0.39, 0.29) is 22.3 Å². The van der Waals surface area contributed by atoms with E-state index in [1.165, 1.54) is 18.3 Å². The number of rotatable bonds is 2. The molecule has 0 aliphatic rings. The zero-order valence-corrected chi connectivity index (χ0v) is 9.21. The van der Waals surface area contributed by atoms with Crippen LogP contribution in [0.25, 0.3) is 0 Å². The molecule has 1 aromatic heterocycles. The summed E-state index contributed by atoms with van der Waals surface area (Å²) in [5.41, 5.74) is 5.28. The molecule has 2 rings (SSSR count). The molecule has 0 bridgehead atoms. The summed E-state index contributed by atoms with van der Waals surface area (Å²) in [6, 6.07) is 4.83. The summed E-state index contributed by atoms with van der Waals surface area (Å²) in [7, 11) is 0. The lowest BCUT2D eigenvalue weighted by molar-refractivity contribution is 0.420. The second kappa shape index (κ2) is 4.55. The molecule has 1 heterocycles. The monoisotopic (exact) mass is 256 g/mol. The maximum Gasteiger partial charge on any atom is 0.255 e. The molecule has 0 atom stereocenters. The maximum absolute atomic E-state index is 13.3. The Balaban J connectivity index is 2.28. The Morgan fingerprint density at radius 1 is 1.18 bits per heavy atom. The lowest BCUT2D eigenvalue weighted by atomic mass is 10.3. The molecule has 0 fully saturated rings. The number of benzene rings is 1. The van der Waals surface area contributed by atoms with Crippen LogP contribution in [0.3, 0.4) is 0 Å². The summed E-state index contributed by atoms with van der Waals surface area (Å²) in [4.78, 5) is 3.64. The zero-order valence-electron chi connectivity index (χ0n) is 8.45. The van der Waals surface area contributed by atoms with Gasteiger partial charge in [-0.05, 0) is 18.2 Å². The van der Waals surface area contributed by atoms with E-state index in [1.54, 1.807) is 0 Å². The molecule has 2 aromatic rings. The average Bonchev–Trinajstić information content (AvgIpc) is 2.27. The van der Waals surface area contributed by atoms with Crippen LogP contribution in [0.5, 0.6) is 11.6 Å². The van der Waals surface area contributed by atoms with E-state index in [9.17, 15) is 8.78 Å². The van der Waals surface area contributed by atoms with E-state index in [0.29, 0.717) is 0 Å². The summed E-state index contributed by atoms with van der Waals surface area (Å²) in [6.45, 7) is 0. The second-order valence-electron chi connectivity index (χ2n) is 3.23. The first-order valence-corrected chi connectivity index (χ1v) is 4.98. The first-order chi connectivity index (χ1) is 8.06. The standard InChI is InChI=1S/C11H7ClF2N2O/c12-6-3-9(14)11(16-5-6)17-7-1-2-10(15)8(13)4-7/h1-5H,15H2. The number of hydrogen-bond acceptors (Lipinski definition) is 3. The molecule has 1 aromatic carbocycles. The molecule has 0 radical (unpaired) electrons. The van der Waals surface area contributed by atoms with Crippen LogP contribution in [0, 0.1) is 11.6 Å². The first kappa shape index (κ1) is 11.6. The van der Waals surface area contributed by atoms with Crippen molar-refractivity contribution in [1.82, 2.24) is 4.98 Å². The lowest BCUT2D eigenvalue weighted by Gasteiger charge is -2.06. The topological polar surface area (TPSA) is 48.1 Å². The van der Waals surface area contributed by atoms with Crippen LogP contribution in [0.2, 0.25) is 5.02 Å². The van der Waals surface area contributed by atoms with Gasteiger partial charge in [0.05, 0.1) is 10.7 Å². The Kier molecular flexibility index (Phi) is 3.10. The Hall–Kier alpha value is -1.88. The van der Waals surface area contributed by atoms with Crippen molar-refractivity contribution in [1.29, 1.82) is 0 Å². The van der Waals surface area contributed by atoms with Crippen molar-refractivity contribution in [3.8, 4) is 11.6 Å². The number of nitrogen functional groups attached to an aromatic ring is 1. The molecule has 0 aliphatic heterocycles. The molecule has 0 saturated heterocycles. The smallest absolute Gasteiger partial charge is 0.255 e. The predicted octanol–water partition coefficient (Wildman–Crippen LogP) is 3.39. The van der Waals surface area contributed by atoms with Gasteiger partial charge in [-0.25, -0.2) is 13.8 Å². The highest BCUT2D eigenvalue weighted by Gasteiger charge is 2.08. The molecule has 2 N–H and O–H groups in total. The van der Waals surface area contributed by atoms with E-state index in [1.807, 2.05) is 0 Å². The van der Waals surface area contributed by atoms with Crippen molar-refractivity contribution in [3.05, 3.63) is 47.1 Å². The highest BCUT2D eigenvalue weighted by molar-refractivity contribution is 6.30. The Morgan fingerprint density at radius 3 is 2.59 bits per heavy atom. The number of pyridine rings is 1. The summed E-state index contributed by atoms with van der Waals surface area (Å²) >= 11 is 5.53. The minimum atomic E-state index is -0.727. The van der Waals surface area contributed by atoms with E-state index in [4.69, 9.17) is 22.1 Å². The molecule has 0 aliphatic carbocycles. The van der Waals surface area contributed by atoms with Crippen LogP contribution in [0.15, 0.2) is 30.5 Å². The van der Waals surface area contributed by atoms with Crippen LogP contribution in [0.1, 0.15) is 0 Å². The molecule has 3 nitrogen and oxygen atoms in total. The molecular weight excluding hydrogens is 250 g/mol. The third-order valence-electron chi connectivity index (χ3n) is 1.96. The van der Waals surface area contributed by atoms with E-state index in [0.717, 1.165) is 12.1 Å². The fourth-order valence-corrected chi connectivity index (χ4v) is 1.30. The normalized spacial score (nSPS) is 10.3. The fraction of sp³-hybridized carbons (Fsp3) is 0. The number of halogens is 3. The van der Waals surface area contributed by atoms with E-state index >= 15 is 0 Å². The number of anilines is 1. The largest absolute Gasteiger partial charge is 0.436 e. The third-order valence-corrected chi connectivity index (χ3v) is 2.17. The minimum Gasteiger partial charge on any atom is -0.436 e. The maximum atomic E-state index is 13.3. The van der Waals surface area contributed by atoms with Crippen molar-refractivity contribution in [2.24, 2.45) is 0 Å². The summed E-state index contributed by atoms with van der Waals surface area (Å²) in [6.07, 6.45) is 1.23. The van der Waals surface area contributed by atoms with Crippen LogP contribution in [-0.4, -0.2) is 4.98 Å². The molecule has 0 spiro atoms. The van der Waals surface area contributed by atoms with Gasteiger partial charge in [-0.15, -0.1) is 0 Å². The molecule has 88 valence electrons. The van der Waals surface area contributed by atoms with Gasteiger partial charge >= 0.3 is 0 Å². The van der Waals surface area contributed by atoms with Gasteiger partial charge in [0.15, 0.2) is 5.82 Å². The number of nitrogens with two attached hydrogens (primary N) is 1. The molecule has 0 amide bonds. The quantitative estimate of drug-likeness (QED) is 0.838. The van der Waals surface area contributed by atoms with Crippen molar-refractivity contribution in [2.75, 3.05) is 5.73 Å². The van der Waals surface area contributed by atoms with Crippen molar-refractivity contribution in [2.45, 2.75) is 0 Å². The molecule has 0 saturated carbocycles. The first-order valence-electron chi connectivity index (χ1n) is 4.60. The zero-order chi connectivity index (χ0) is 12.4. The summed E-state index contributed by atoms with van der Waals surface area (Å²) < 4.78 is 31.5. The molecule has 6 heteroatoms. The van der Waals surface area contributed by atoms with Gasteiger partial charge in [0.2, 0.25) is 0 Å². The lowest BCUT2D eigenvalue weighted by Crippen LogP contribution is -1.94. The Morgan fingerprint density at radius 2 is 1.94 bits per heavy atom. The molecule has 17 heavy (non-hydrogen) atoms. The fourth-order valence-electron chi connectivity index (χ4n) is 1.16. The number of nitrogens with zero attached hydrogens (tertiary/aromatic N) is 1. The molecular formula is C11H7ClF2N2O. The van der Waals surface area contributed by atoms with Gasteiger partial charge in [0.1, 0.15) is 11.6 Å². The van der Waals surface area contributed by atoms with E-state index < -0.39 is 11.6 Å². The third kappa shape index (κ3) is 2.62. The van der Waals surface area contributed by atoms with Crippen LogP contribution in [-0.2, 0) is 0 Å². The van der Waals surface area contributed by atoms with Gasteiger partial charge in [0.25, 0.3) is 5.88 Å². The SMILES string of the molecule is Nc1ccc(Oc2ncc(Cl)cc2F)cc1F. The summed E-state index contributed by atoms with van der Waals surface area (Å²) in [5, 5.41) is 0.151. The van der Waals surface area contributed by atoms with Crippen LogP contribution < -0.4 is 10.5 Å². The second-order valence-corrected chi connectivity index (χ2v) is 3.66. The highest BCUT2D eigenvalue weighted by atomic mass is 35.5. The number of hydrogen-bond donors (Lipinski definition) is 1. The van der Waals surface area contributed by atoms with Gasteiger partial charge in [-0.2, -0.15) is 0 Å². The van der Waals surface area contributed by atoms with Gasteiger partial charge in [-0.3, -0.25) is 0 Å². The van der Waals surface area contributed by atoms with Crippen LogP contribution in [0.4, 0.5) is 14.5 Å². The van der Waals surface area contributed by atoms with Gasteiger partial charge in [0, 0.05) is 12.3 Å². The van der Waals surface area contributed by atoms with E-state index in [2.05, 4.69) is 4.98 Å². The minimum absolute atomic E-state index is 0.0121. The van der Waals surface area contributed by atoms with Crippen molar-refractivity contribution in [3.63, 3.8) is 0 Å². The van der Waals surface area contributed by atoms with Crippen molar-refractivity contribution >= 4 is 17.3 Å². The Labute approximate surface area is 101 Å². The van der Waals surface area contributed by atoms with Gasteiger partial charge < -0.3 is 10.5 Å².